The molecule has 1 aliphatic heterocycles. The fourth-order valence-electron chi connectivity index (χ4n) is 2.97. The Balaban J connectivity index is 1.94. The predicted octanol–water partition coefficient (Wildman–Crippen LogP) is 2.44. The van der Waals surface area contributed by atoms with Crippen molar-refractivity contribution in [3.63, 3.8) is 0 Å². The third-order valence-electron chi connectivity index (χ3n) is 3.84. The quantitative estimate of drug-likeness (QED) is 0.621. The summed E-state index contributed by atoms with van der Waals surface area (Å²) in [7, 11) is 0. The lowest BCUT2D eigenvalue weighted by atomic mass is 10.1. The zero-order valence-corrected chi connectivity index (χ0v) is 14.1. The fourth-order valence-corrected chi connectivity index (χ4v) is 2.97. The Kier molecular flexibility index (Phi) is 5.05. The van der Waals surface area contributed by atoms with Crippen LogP contribution in [0.25, 0.3) is 0 Å². The van der Waals surface area contributed by atoms with Gasteiger partial charge in [-0.2, -0.15) is 0 Å². The van der Waals surface area contributed by atoms with Crippen LogP contribution in [0.2, 0.25) is 0 Å². The molecule has 3 rings (SSSR count). The summed E-state index contributed by atoms with van der Waals surface area (Å²) in [6.45, 7) is 4.93. The molecule has 0 radical (unpaired) electrons. The van der Waals surface area contributed by atoms with E-state index < -0.39 is 5.82 Å². The van der Waals surface area contributed by atoms with Crippen molar-refractivity contribution in [3.05, 3.63) is 53.4 Å². The maximum atomic E-state index is 14.7. The van der Waals surface area contributed by atoms with Gasteiger partial charge in [0.05, 0.1) is 17.9 Å². The number of benzene rings is 1. The molecule has 0 aliphatic carbocycles. The number of hydrogen-bond acceptors (Lipinski definition) is 5. The second-order valence-electron chi connectivity index (χ2n) is 6.00. The predicted molar refractivity (Wildman–Crippen MR) is 92.0 cm³/mol. The molecular weight excluding hydrogens is 321 g/mol. The molecule has 0 saturated carbocycles. The standard InChI is InChI=1S/C19H18FN3O2/c1-13-10-23(11-14(2)25-13)19-16(12-24)8-15(9-17(19)20)4-5-18-21-6-3-7-22-18/h3,6-9,12-14H,10-11H2,1-2H3. The minimum Gasteiger partial charge on any atom is -0.372 e. The lowest BCUT2D eigenvalue weighted by Gasteiger charge is -2.37. The monoisotopic (exact) mass is 339 g/mol. The Hall–Kier alpha value is -2.78. The normalized spacial score (nSPS) is 19.9. The molecule has 5 nitrogen and oxygen atoms in total. The number of carbonyl (C=O) groups excluding carboxylic acids is 1. The average Bonchev–Trinajstić information content (AvgIpc) is 2.59. The van der Waals surface area contributed by atoms with Gasteiger partial charge in [-0.1, -0.05) is 5.92 Å². The van der Waals surface area contributed by atoms with E-state index in [2.05, 4.69) is 21.8 Å². The molecule has 1 aromatic heterocycles. The Bertz CT molecular complexity index is 820. The highest BCUT2D eigenvalue weighted by Crippen LogP contribution is 2.28. The number of morpholine rings is 1. The summed E-state index contributed by atoms with van der Waals surface area (Å²) < 4.78 is 20.4. The van der Waals surface area contributed by atoms with Gasteiger partial charge in [0.2, 0.25) is 5.82 Å². The first-order valence-electron chi connectivity index (χ1n) is 8.05. The smallest absolute Gasteiger partial charge is 0.205 e. The Morgan fingerprint density at radius 1 is 1.20 bits per heavy atom. The van der Waals surface area contributed by atoms with Gasteiger partial charge in [0.1, 0.15) is 5.82 Å². The van der Waals surface area contributed by atoms with Gasteiger partial charge in [-0.15, -0.1) is 0 Å². The van der Waals surface area contributed by atoms with Gasteiger partial charge in [0.25, 0.3) is 0 Å². The summed E-state index contributed by atoms with van der Waals surface area (Å²) in [5.41, 5.74) is 0.989. The van der Waals surface area contributed by atoms with E-state index in [1.807, 2.05) is 18.7 Å². The largest absolute Gasteiger partial charge is 0.372 e. The van der Waals surface area contributed by atoms with Crippen LogP contribution in [0.5, 0.6) is 0 Å². The van der Waals surface area contributed by atoms with Crippen LogP contribution in [0.1, 0.15) is 35.6 Å². The van der Waals surface area contributed by atoms with Crippen molar-refractivity contribution in [1.29, 1.82) is 0 Å². The second kappa shape index (κ2) is 7.41. The number of halogens is 1. The van der Waals surface area contributed by atoms with Gasteiger partial charge in [-0.3, -0.25) is 4.79 Å². The first kappa shape index (κ1) is 17.1. The Morgan fingerprint density at radius 2 is 1.88 bits per heavy atom. The maximum absolute atomic E-state index is 14.7. The number of carbonyl (C=O) groups is 1. The molecule has 0 N–H and O–H groups in total. The van der Waals surface area contributed by atoms with Crippen LogP contribution in [0.15, 0.2) is 30.6 Å². The lowest BCUT2D eigenvalue weighted by molar-refractivity contribution is -0.00543. The highest BCUT2D eigenvalue weighted by Gasteiger charge is 2.26. The lowest BCUT2D eigenvalue weighted by Crippen LogP contribution is -2.46. The minimum atomic E-state index is -0.468. The Morgan fingerprint density at radius 3 is 2.52 bits per heavy atom. The number of ether oxygens (including phenoxy) is 1. The third-order valence-corrected chi connectivity index (χ3v) is 3.84. The van der Waals surface area contributed by atoms with E-state index in [0.717, 1.165) is 0 Å². The first-order chi connectivity index (χ1) is 12.1. The summed E-state index contributed by atoms with van der Waals surface area (Å²) in [6.07, 6.45) is 3.76. The van der Waals surface area contributed by atoms with Crippen LogP contribution in [0, 0.1) is 17.7 Å². The van der Waals surface area contributed by atoms with Crippen molar-refractivity contribution in [2.24, 2.45) is 0 Å². The van der Waals surface area contributed by atoms with Crippen molar-refractivity contribution in [1.82, 2.24) is 9.97 Å². The van der Waals surface area contributed by atoms with Crippen molar-refractivity contribution < 1.29 is 13.9 Å². The molecule has 0 spiro atoms. The minimum absolute atomic E-state index is 0.0302. The third kappa shape index (κ3) is 4.01. The van der Waals surface area contributed by atoms with Crippen LogP contribution in [-0.4, -0.2) is 41.6 Å². The zero-order valence-electron chi connectivity index (χ0n) is 14.1. The van der Waals surface area contributed by atoms with E-state index in [1.54, 1.807) is 24.5 Å². The van der Waals surface area contributed by atoms with Crippen LogP contribution in [-0.2, 0) is 4.74 Å². The molecule has 128 valence electrons. The molecule has 1 aromatic carbocycles. The maximum Gasteiger partial charge on any atom is 0.205 e. The number of aldehydes is 1. The highest BCUT2D eigenvalue weighted by molar-refractivity contribution is 5.86. The van der Waals surface area contributed by atoms with Crippen LogP contribution >= 0.6 is 0 Å². The SMILES string of the molecule is CC1CN(c2c(F)cc(C#Cc3ncccn3)cc2C=O)CC(C)O1. The number of hydrogen-bond donors (Lipinski definition) is 0. The zero-order chi connectivity index (χ0) is 17.8. The number of rotatable bonds is 2. The molecule has 2 aromatic rings. The fraction of sp³-hybridized carbons (Fsp3) is 0.316. The van der Waals surface area contributed by atoms with Crippen molar-refractivity contribution in [2.75, 3.05) is 18.0 Å². The second-order valence-corrected chi connectivity index (χ2v) is 6.00. The van der Waals surface area contributed by atoms with Crippen LogP contribution in [0.4, 0.5) is 10.1 Å². The summed E-state index contributed by atoms with van der Waals surface area (Å²) in [5.74, 6) is 5.45. The van der Waals surface area contributed by atoms with E-state index >= 15 is 0 Å². The summed E-state index contributed by atoms with van der Waals surface area (Å²) in [6, 6.07) is 4.61. The molecule has 2 heterocycles. The highest BCUT2D eigenvalue weighted by atomic mass is 19.1. The van der Waals surface area contributed by atoms with E-state index in [4.69, 9.17) is 4.74 Å². The number of nitrogens with zero attached hydrogens (tertiary/aromatic N) is 3. The van der Waals surface area contributed by atoms with E-state index in [-0.39, 0.29) is 17.8 Å². The summed E-state index contributed by atoms with van der Waals surface area (Å²) >= 11 is 0. The van der Waals surface area contributed by atoms with Gasteiger partial charge in [-0.05, 0) is 38.0 Å². The van der Waals surface area contributed by atoms with Gasteiger partial charge in [0, 0.05) is 36.6 Å². The molecule has 2 atom stereocenters. The molecule has 6 heteroatoms. The topological polar surface area (TPSA) is 55.3 Å². The Labute approximate surface area is 145 Å². The van der Waals surface area contributed by atoms with Crippen LogP contribution in [0.3, 0.4) is 0 Å². The number of anilines is 1. The molecule has 0 bridgehead atoms. The summed E-state index contributed by atoms with van der Waals surface area (Å²) in [5, 5.41) is 0. The molecule has 2 unspecified atom stereocenters. The molecule has 25 heavy (non-hydrogen) atoms. The van der Waals surface area contributed by atoms with Gasteiger partial charge < -0.3 is 9.64 Å². The van der Waals surface area contributed by atoms with E-state index in [9.17, 15) is 9.18 Å². The van der Waals surface area contributed by atoms with Crippen LogP contribution < -0.4 is 4.90 Å². The van der Waals surface area contributed by atoms with E-state index in [0.29, 0.717) is 36.5 Å². The van der Waals surface area contributed by atoms with Crippen molar-refractivity contribution >= 4 is 12.0 Å². The summed E-state index contributed by atoms with van der Waals surface area (Å²) in [4.78, 5) is 21.4. The first-order valence-corrected chi connectivity index (χ1v) is 8.05. The average molecular weight is 339 g/mol. The molecular formula is C19H18FN3O2. The number of aromatic nitrogens is 2. The van der Waals surface area contributed by atoms with Gasteiger partial charge in [0.15, 0.2) is 6.29 Å². The molecule has 1 saturated heterocycles. The van der Waals surface area contributed by atoms with Crippen molar-refractivity contribution in [2.45, 2.75) is 26.1 Å². The van der Waals surface area contributed by atoms with Gasteiger partial charge in [-0.25, -0.2) is 14.4 Å². The van der Waals surface area contributed by atoms with Crippen molar-refractivity contribution in [3.8, 4) is 11.8 Å². The molecule has 1 fully saturated rings. The molecule has 1 aliphatic rings. The van der Waals surface area contributed by atoms with Gasteiger partial charge >= 0.3 is 0 Å². The molecule has 0 amide bonds. The van der Waals surface area contributed by atoms with E-state index in [1.165, 1.54) is 6.07 Å².